The third-order valence-corrected chi connectivity index (χ3v) is 3.42. The highest BCUT2D eigenvalue weighted by Crippen LogP contribution is 2.25. The summed E-state index contributed by atoms with van der Waals surface area (Å²) in [6.07, 6.45) is 1.69. The maximum absolute atomic E-state index is 11.8. The van der Waals surface area contributed by atoms with E-state index in [1.165, 1.54) is 0 Å². The van der Waals surface area contributed by atoms with Crippen LogP contribution in [-0.2, 0) is 13.6 Å². The molecule has 0 saturated heterocycles. The van der Waals surface area contributed by atoms with Crippen LogP contribution >= 0.6 is 27.5 Å². The van der Waals surface area contributed by atoms with Crippen LogP contribution in [0.1, 0.15) is 5.69 Å². The smallest absolute Gasteiger partial charge is 0.319 e. The monoisotopic (exact) mass is 342 g/mol. The topological polar surface area (TPSA) is 59.0 Å². The van der Waals surface area contributed by atoms with Crippen molar-refractivity contribution in [3.8, 4) is 0 Å². The number of rotatable bonds is 3. The summed E-state index contributed by atoms with van der Waals surface area (Å²) in [5.74, 6) is 0. The van der Waals surface area contributed by atoms with E-state index in [2.05, 4.69) is 31.7 Å². The fourth-order valence-electron chi connectivity index (χ4n) is 1.50. The Morgan fingerprint density at radius 2 is 2.26 bits per heavy atom. The first kappa shape index (κ1) is 13.9. The van der Waals surface area contributed by atoms with Crippen LogP contribution in [0.2, 0.25) is 5.02 Å². The van der Waals surface area contributed by atoms with Crippen molar-refractivity contribution in [2.75, 3.05) is 5.32 Å². The Kier molecular flexibility index (Phi) is 4.44. The summed E-state index contributed by atoms with van der Waals surface area (Å²) in [4.78, 5) is 11.8. The number of halogens is 2. The van der Waals surface area contributed by atoms with E-state index in [9.17, 15) is 4.79 Å². The summed E-state index contributed by atoms with van der Waals surface area (Å²) in [5.41, 5.74) is 1.58. The molecule has 0 bridgehead atoms. The van der Waals surface area contributed by atoms with Gasteiger partial charge in [-0.15, -0.1) is 0 Å². The van der Waals surface area contributed by atoms with Gasteiger partial charge in [-0.2, -0.15) is 5.10 Å². The van der Waals surface area contributed by atoms with Crippen LogP contribution in [0.4, 0.5) is 10.5 Å². The van der Waals surface area contributed by atoms with Gasteiger partial charge in [-0.1, -0.05) is 11.6 Å². The third kappa shape index (κ3) is 3.71. The second-order valence-corrected chi connectivity index (χ2v) is 5.17. The lowest BCUT2D eigenvalue weighted by Crippen LogP contribution is -2.29. The highest BCUT2D eigenvalue weighted by molar-refractivity contribution is 9.10. The molecule has 7 heteroatoms. The van der Waals surface area contributed by atoms with E-state index < -0.39 is 0 Å². The average molecular weight is 344 g/mol. The molecule has 2 aromatic rings. The van der Waals surface area contributed by atoms with Crippen LogP contribution in [0.25, 0.3) is 0 Å². The lowest BCUT2D eigenvalue weighted by Gasteiger charge is -2.09. The molecule has 0 atom stereocenters. The second kappa shape index (κ2) is 6.08. The minimum atomic E-state index is -0.288. The fourth-order valence-corrected chi connectivity index (χ4v) is 2.28. The summed E-state index contributed by atoms with van der Waals surface area (Å²) in [5, 5.41) is 10.1. The zero-order valence-electron chi connectivity index (χ0n) is 10.2. The van der Waals surface area contributed by atoms with Gasteiger partial charge in [0, 0.05) is 22.7 Å². The van der Waals surface area contributed by atoms with E-state index in [-0.39, 0.29) is 6.03 Å². The largest absolute Gasteiger partial charge is 0.332 e. The number of aryl methyl sites for hydroxylation is 1. The number of hydrogen-bond donors (Lipinski definition) is 2. The lowest BCUT2D eigenvalue weighted by atomic mass is 10.3. The summed E-state index contributed by atoms with van der Waals surface area (Å²) < 4.78 is 2.44. The van der Waals surface area contributed by atoms with Crippen molar-refractivity contribution in [2.45, 2.75) is 6.54 Å². The minimum absolute atomic E-state index is 0.288. The first-order valence-electron chi connectivity index (χ1n) is 5.53. The molecule has 1 aromatic carbocycles. The highest BCUT2D eigenvalue weighted by Gasteiger charge is 2.06. The van der Waals surface area contributed by atoms with E-state index in [4.69, 9.17) is 11.6 Å². The zero-order chi connectivity index (χ0) is 13.8. The van der Waals surface area contributed by atoms with Crippen molar-refractivity contribution < 1.29 is 4.79 Å². The lowest BCUT2D eigenvalue weighted by molar-refractivity contribution is 0.251. The second-order valence-electron chi connectivity index (χ2n) is 3.88. The van der Waals surface area contributed by atoms with Gasteiger partial charge in [0.15, 0.2) is 0 Å². The van der Waals surface area contributed by atoms with Crippen molar-refractivity contribution in [3.63, 3.8) is 0 Å². The number of carbonyl (C=O) groups is 1. The zero-order valence-corrected chi connectivity index (χ0v) is 12.5. The predicted molar refractivity (Wildman–Crippen MR) is 78.2 cm³/mol. The first-order valence-corrected chi connectivity index (χ1v) is 6.70. The Bertz CT molecular complexity index is 599. The maximum Gasteiger partial charge on any atom is 0.319 e. The molecular formula is C12H12BrClN4O. The van der Waals surface area contributed by atoms with Crippen molar-refractivity contribution >= 4 is 39.2 Å². The molecule has 2 amide bonds. The Balaban J connectivity index is 1.93. The Labute approximate surface area is 124 Å². The molecule has 1 heterocycles. The summed E-state index contributed by atoms with van der Waals surface area (Å²) in [6.45, 7) is 0.410. The molecule has 19 heavy (non-hydrogen) atoms. The van der Waals surface area contributed by atoms with E-state index in [0.717, 1.165) is 10.2 Å². The molecule has 0 radical (unpaired) electrons. The van der Waals surface area contributed by atoms with Crippen molar-refractivity contribution in [3.05, 3.63) is 45.7 Å². The molecule has 2 N–H and O–H groups in total. The molecular weight excluding hydrogens is 332 g/mol. The molecule has 0 fully saturated rings. The quantitative estimate of drug-likeness (QED) is 0.899. The van der Waals surface area contributed by atoms with Gasteiger partial charge in [-0.05, 0) is 40.2 Å². The van der Waals surface area contributed by atoms with E-state index in [1.807, 2.05) is 13.1 Å². The highest BCUT2D eigenvalue weighted by atomic mass is 79.9. The molecule has 1 aromatic heterocycles. The number of nitrogens with zero attached hydrogens (tertiary/aromatic N) is 2. The van der Waals surface area contributed by atoms with Crippen molar-refractivity contribution in [2.24, 2.45) is 7.05 Å². The van der Waals surface area contributed by atoms with Gasteiger partial charge >= 0.3 is 6.03 Å². The predicted octanol–water partition coefficient (Wildman–Crippen LogP) is 3.16. The average Bonchev–Trinajstić information content (AvgIpc) is 2.76. The van der Waals surface area contributed by atoms with Crippen LogP contribution in [0, 0.1) is 0 Å². The summed E-state index contributed by atoms with van der Waals surface area (Å²) in [6, 6.07) is 6.72. The van der Waals surface area contributed by atoms with Gasteiger partial charge in [0.25, 0.3) is 0 Å². The van der Waals surface area contributed by atoms with E-state index >= 15 is 0 Å². The van der Waals surface area contributed by atoms with Gasteiger partial charge < -0.3 is 10.6 Å². The number of carbonyl (C=O) groups excluding carboxylic acids is 1. The van der Waals surface area contributed by atoms with Crippen LogP contribution in [0.3, 0.4) is 0 Å². The molecule has 0 saturated carbocycles. The van der Waals surface area contributed by atoms with Crippen molar-refractivity contribution in [1.82, 2.24) is 15.1 Å². The SMILES string of the molecule is Cn1nccc1CNC(=O)Nc1ccc(Cl)cc1Br. The molecule has 0 spiro atoms. The van der Waals surface area contributed by atoms with Crippen LogP contribution in [0.15, 0.2) is 34.9 Å². The standard InChI is InChI=1S/C12H12BrClN4O/c1-18-9(4-5-16-18)7-15-12(19)17-11-3-2-8(14)6-10(11)13/h2-6H,7H2,1H3,(H2,15,17,19). The van der Waals surface area contributed by atoms with Gasteiger partial charge in [0.1, 0.15) is 0 Å². The summed E-state index contributed by atoms with van der Waals surface area (Å²) in [7, 11) is 1.82. The Morgan fingerprint density at radius 3 is 2.89 bits per heavy atom. The normalized spacial score (nSPS) is 10.3. The molecule has 0 aliphatic carbocycles. The van der Waals surface area contributed by atoms with Gasteiger partial charge in [-0.3, -0.25) is 4.68 Å². The molecule has 100 valence electrons. The van der Waals surface area contributed by atoms with Crippen LogP contribution in [0.5, 0.6) is 0 Å². The number of hydrogen-bond acceptors (Lipinski definition) is 2. The van der Waals surface area contributed by atoms with Crippen molar-refractivity contribution in [1.29, 1.82) is 0 Å². The molecule has 0 aliphatic rings. The van der Waals surface area contributed by atoms with E-state index in [1.54, 1.807) is 29.1 Å². The fraction of sp³-hybridized carbons (Fsp3) is 0.167. The number of nitrogens with one attached hydrogen (secondary N) is 2. The Morgan fingerprint density at radius 1 is 1.47 bits per heavy atom. The number of urea groups is 1. The minimum Gasteiger partial charge on any atom is -0.332 e. The molecule has 0 aliphatic heterocycles. The molecule has 2 rings (SSSR count). The maximum atomic E-state index is 11.8. The molecule has 0 unspecified atom stereocenters. The van der Waals surface area contributed by atoms with Gasteiger partial charge in [-0.25, -0.2) is 4.79 Å². The van der Waals surface area contributed by atoms with Gasteiger partial charge in [0.05, 0.1) is 17.9 Å². The number of aromatic nitrogens is 2. The van der Waals surface area contributed by atoms with Gasteiger partial charge in [0.2, 0.25) is 0 Å². The number of amides is 2. The number of benzene rings is 1. The third-order valence-electron chi connectivity index (χ3n) is 2.53. The van der Waals surface area contributed by atoms with Crippen LogP contribution in [-0.4, -0.2) is 15.8 Å². The molecule has 5 nitrogen and oxygen atoms in total. The summed E-state index contributed by atoms with van der Waals surface area (Å²) >= 11 is 9.17. The van der Waals surface area contributed by atoms with Crippen LogP contribution < -0.4 is 10.6 Å². The van der Waals surface area contributed by atoms with E-state index in [0.29, 0.717) is 17.3 Å². The number of anilines is 1. The first-order chi connectivity index (χ1) is 9.06. The Hall–Kier alpha value is -1.53.